The summed E-state index contributed by atoms with van der Waals surface area (Å²) in [5, 5.41) is 35.3. The minimum absolute atomic E-state index is 0.0770. The van der Waals surface area contributed by atoms with E-state index >= 15 is 0 Å². The SMILES string of the molecule is CC(=O)O[C@@H]1C[C@H]2[C@@H](CC[C@H]3C[C@@H](O)CC[C@@]32C)[C@@]2(O)CC[C@](O)(C(C)OC(=O)c3ccccc3)[C@@]12C. The molecule has 5 rings (SSSR count). The van der Waals surface area contributed by atoms with Crippen molar-refractivity contribution in [1.29, 1.82) is 0 Å². The fourth-order valence-corrected chi connectivity index (χ4v) is 9.14. The van der Waals surface area contributed by atoms with Gasteiger partial charge in [0.15, 0.2) is 0 Å². The molecule has 37 heavy (non-hydrogen) atoms. The number of ether oxygens (including phenoxy) is 2. The van der Waals surface area contributed by atoms with Crippen LogP contribution < -0.4 is 0 Å². The van der Waals surface area contributed by atoms with Crippen molar-refractivity contribution in [3.8, 4) is 0 Å². The van der Waals surface area contributed by atoms with E-state index in [0.717, 1.165) is 32.1 Å². The maximum absolute atomic E-state index is 12.9. The van der Waals surface area contributed by atoms with Crippen molar-refractivity contribution < 1.29 is 34.4 Å². The van der Waals surface area contributed by atoms with Gasteiger partial charge in [0.1, 0.15) is 17.8 Å². The summed E-state index contributed by atoms with van der Waals surface area (Å²) in [5.41, 5.74) is -3.79. The average Bonchev–Trinajstić information content (AvgIpc) is 3.08. The highest BCUT2D eigenvalue weighted by Gasteiger charge is 2.77. The second-order valence-corrected chi connectivity index (χ2v) is 12.7. The Bertz CT molecular complexity index is 1040. The van der Waals surface area contributed by atoms with Crippen LogP contribution in [0.15, 0.2) is 30.3 Å². The van der Waals surface area contributed by atoms with Crippen LogP contribution in [0.2, 0.25) is 0 Å². The minimum atomic E-state index is -1.59. The van der Waals surface area contributed by atoms with Crippen LogP contribution >= 0.6 is 0 Å². The van der Waals surface area contributed by atoms with E-state index in [1.807, 2.05) is 13.0 Å². The van der Waals surface area contributed by atoms with Gasteiger partial charge in [-0.25, -0.2) is 4.79 Å². The Kier molecular flexibility index (Phi) is 6.52. The van der Waals surface area contributed by atoms with Gasteiger partial charge in [0.25, 0.3) is 0 Å². The first-order valence-corrected chi connectivity index (χ1v) is 13.9. The molecule has 0 aromatic heterocycles. The van der Waals surface area contributed by atoms with Gasteiger partial charge in [-0.2, -0.15) is 0 Å². The number of rotatable bonds is 4. The molecule has 0 aliphatic heterocycles. The summed E-state index contributed by atoms with van der Waals surface area (Å²) in [6, 6.07) is 8.66. The third kappa shape index (κ3) is 3.79. The zero-order valence-electron chi connectivity index (χ0n) is 22.5. The molecule has 0 spiro atoms. The molecule has 4 fully saturated rings. The number of fused-ring (bicyclic) bond motifs is 5. The van der Waals surface area contributed by atoms with E-state index in [-0.39, 0.29) is 29.8 Å². The Labute approximate surface area is 219 Å². The summed E-state index contributed by atoms with van der Waals surface area (Å²) in [4.78, 5) is 25.3. The summed E-state index contributed by atoms with van der Waals surface area (Å²) >= 11 is 0. The average molecular weight is 515 g/mol. The van der Waals surface area contributed by atoms with E-state index in [2.05, 4.69) is 6.92 Å². The van der Waals surface area contributed by atoms with Crippen LogP contribution in [0.4, 0.5) is 0 Å². The van der Waals surface area contributed by atoms with Gasteiger partial charge >= 0.3 is 11.9 Å². The molecule has 0 amide bonds. The molecule has 4 aliphatic carbocycles. The predicted molar refractivity (Wildman–Crippen MR) is 136 cm³/mol. The summed E-state index contributed by atoms with van der Waals surface area (Å²) in [6.07, 6.45) is 3.27. The molecule has 7 heteroatoms. The molecule has 10 atom stereocenters. The van der Waals surface area contributed by atoms with Gasteiger partial charge in [-0.3, -0.25) is 4.79 Å². The molecule has 1 aromatic rings. The van der Waals surface area contributed by atoms with E-state index in [1.54, 1.807) is 31.2 Å². The molecule has 1 aromatic carbocycles. The number of hydrogen-bond acceptors (Lipinski definition) is 7. The van der Waals surface area contributed by atoms with Crippen LogP contribution in [0.25, 0.3) is 0 Å². The number of hydrogen-bond donors (Lipinski definition) is 3. The van der Waals surface area contributed by atoms with E-state index in [1.165, 1.54) is 6.92 Å². The third-order valence-electron chi connectivity index (χ3n) is 11.3. The van der Waals surface area contributed by atoms with Gasteiger partial charge in [0, 0.05) is 6.92 Å². The number of carbonyl (C=O) groups excluding carboxylic acids is 2. The molecule has 204 valence electrons. The lowest BCUT2D eigenvalue weighted by Crippen LogP contribution is -2.72. The molecule has 0 bridgehead atoms. The van der Waals surface area contributed by atoms with Crippen LogP contribution in [0.5, 0.6) is 0 Å². The summed E-state index contributed by atoms with van der Waals surface area (Å²) in [5.74, 6) is -0.606. The summed E-state index contributed by atoms with van der Waals surface area (Å²) in [6.45, 7) is 7.15. The molecule has 3 N–H and O–H groups in total. The van der Waals surface area contributed by atoms with Crippen LogP contribution in [0.3, 0.4) is 0 Å². The molecule has 0 radical (unpaired) electrons. The molecule has 7 nitrogen and oxygen atoms in total. The maximum atomic E-state index is 12.9. The highest BCUT2D eigenvalue weighted by molar-refractivity contribution is 5.89. The Balaban J connectivity index is 1.51. The van der Waals surface area contributed by atoms with Gasteiger partial charge in [-0.1, -0.05) is 32.0 Å². The number of esters is 2. The van der Waals surface area contributed by atoms with Crippen molar-refractivity contribution in [3.05, 3.63) is 35.9 Å². The van der Waals surface area contributed by atoms with Crippen molar-refractivity contribution in [3.63, 3.8) is 0 Å². The molecule has 1 unspecified atom stereocenters. The van der Waals surface area contributed by atoms with E-state index in [9.17, 15) is 24.9 Å². The third-order valence-corrected chi connectivity index (χ3v) is 11.3. The number of aliphatic hydroxyl groups is 3. The van der Waals surface area contributed by atoms with Crippen molar-refractivity contribution in [2.45, 2.75) is 109 Å². The largest absolute Gasteiger partial charge is 0.462 e. The Hall–Kier alpha value is -1.96. The molecular formula is C30H42O7. The highest BCUT2D eigenvalue weighted by Crippen LogP contribution is 2.71. The maximum Gasteiger partial charge on any atom is 0.338 e. The number of carbonyl (C=O) groups is 2. The first kappa shape index (κ1) is 26.6. The van der Waals surface area contributed by atoms with Crippen LogP contribution in [0.1, 0.15) is 89.4 Å². The number of aliphatic hydroxyl groups excluding tert-OH is 1. The number of benzene rings is 1. The second-order valence-electron chi connectivity index (χ2n) is 12.7. The molecular weight excluding hydrogens is 472 g/mol. The zero-order valence-corrected chi connectivity index (χ0v) is 22.5. The van der Waals surface area contributed by atoms with Gasteiger partial charge in [-0.15, -0.1) is 0 Å². The molecule has 4 saturated carbocycles. The van der Waals surface area contributed by atoms with Crippen molar-refractivity contribution in [2.75, 3.05) is 0 Å². The van der Waals surface area contributed by atoms with Crippen LogP contribution in [-0.2, 0) is 14.3 Å². The van der Waals surface area contributed by atoms with Crippen molar-refractivity contribution in [2.24, 2.45) is 28.6 Å². The van der Waals surface area contributed by atoms with Gasteiger partial charge in [0.05, 0.1) is 22.7 Å². The lowest BCUT2D eigenvalue weighted by Gasteiger charge is -2.66. The lowest BCUT2D eigenvalue weighted by molar-refractivity contribution is -0.288. The predicted octanol–water partition coefficient (Wildman–Crippen LogP) is 4.02. The van der Waals surface area contributed by atoms with E-state index in [0.29, 0.717) is 24.3 Å². The van der Waals surface area contributed by atoms with Crippen LogP contribution in [-0.4, -0.2) is 56.8 Å². The Morgan fingerprint density at radius 3 is 2.35 bits per heavy atom. The van der Waals surface area contributed by atoms with Gasteiger partial charge in [-0.05, 0) is 93.6 Å². The highest BCUT2D eigenvalue weighted by atomic mass is 16.6. The van der Waals surface area contributed by atoms with Crippen molar-refractivity contribution in [1.82, 2.24) is 0 Å². The van der Waals surface area contributed by atoms with E-state index in [4.69, 9.17) is 9.47 Å². The Morgan fingerprint density at radius 1 is 0.973 bits per heavy atom. The molecule has 0 saturated heterocycles. The standard InChI is InChI=1S/C30H42O7/c1-18(36-26(33)20-8-6-5-7-9-20)29(34)14-15-30(35)23-11-10-21-16-22(32)12-13-27(21,3)24(23)17-25(28(29,30)4)37-19(2)31/h5-9,18,21-25,32,34-35H,10-17H2,1-4H3/t18?,21-,22-,23+,24-,25+,27-,28+,29-,30-/m0/s1. The Morgan fingerprint density at radius 2 is 1.68 bits per heavy atom. The summed E-state index contributed by atoms with van der Waals surface area (Å²) in [7, 11) is 0. The topological polar surface area (TPSA) is 113 Å². The van der Waals surface area contributed by atoms with Gasteiger partial charge < -0.3 is 24.8 Å². The first-order valence-electron chi connectivity index (χ1n) is 13.9. The van der Waals surface area contributed by atoms with Crippen LogP contribution in [0, 0.1) is 28.6 Å². The molecule has 4 aliphatic rings. The fourth-order valence-electron chi connectivity index (χ4n) is 9.14. The monoisotopic (exact) mass is 514 g/mol. The first-order chi connectivity index (χ1) is 17.4. The smallest absolute Gasteiger partial charge is 0.338 e. The molecule has 0 heterocycles. The minimum Gasteiger partial charge on any atom is -0.462 e. The lowest BCUT2D eigenvalue weighted by atomic mass is 9.42. The zero-order chi connectivity index (χ0) is 26.8. The normalized spacial score (nSPS) is 45.6. The second kappa shape index (κ2) is 9.06. The van der Waals surface area contributed by atoms with Gasteiger partial charge in [0.2, 0.25) is 0 Å². The van der Waals surface area contributed by atoms with Crippen molar-refractivity contribution >= 4 is 11.9 Å². The quantitative estimate of drug-likeness (QED) is 0.520. The van der Waals surface area contributed by atoms with E-state index < -0.39 is 40.8 Å². The summed E-state index contributed by atoms with van der Waals surface area (Å²) < 4.78 is 11.8. The fraction of sp³-hybridized carbons (Fsp3) is 0.733.